The second-order valence-electron chi connectivity index (χ2n) is 5.37. The molecule has 3 N–H and O–H groups in total. The number of nitrogens with two attached hydrogens (primary N) is 1. The maximum Gasteiger partial charge on any atom is 0.292 e. The number of hydrogen-bond acceptors (Lipinski definition) is 5. The quantitative estimate of drug-likeness (QED) is 0.456. The normalized spacial score (nSPS) is 10.3. The van der Waals surface area contributed by atoms with Gasteiger partial charge in [-0.05, 0) is 30.3 Å². The van der Waals surface area contributed by atoms with Gasteiger partial charge in [0.05, 0.1) is 21.5 Å². The van der Waals surface area contributed by atoms with Crippen molar-refractivity contribution in [1.29, 1.82) is 0 Å². The van der Waals surface area contributed by atoms with Crippen molar-refractivity contribution in [2.24, 2.45) is 0 Å². The lowest BCUT2D eigenvalue weighted by Gasteiger charge is -2.17. The standard InChI is InChI=1S/C16H14Cl2N4O4/c1-21(8-15(23)20-10-3-4-11(17)12(18)7-10)16(24)9-2-5-13(19)14(6-9)22(25)26/h2-7H,8,19H2,1H3,(H,20,23). The van der Waals surface area contributed by atoms with Gasteiger partial charge in [0.25, 0.3) is 11.6 Å². The number of amides is 2. The average Bonchev–Trinajstić information content (AvgIpc) is 2.57. The first-order chi connectivity index (χ1) is 12.2. The molecule has 0 saturated carbocycles. The van der Waals surface area contributed by atoms with Crippen LogP contribution in [0.4, 0.5) is 17.1 Å². The van der Waals surface area contributed by atoms with Crippen LogP contribution in [-0.4, -0.2) is 35.2 Å². The van der Waals surface area contributed by atoms with E-state index < -0.39 is 16.7 Å². The maximum atomic E-state index is 12.4. The fourth-order valence-corrected chi connectivity index (χ4v) is 2.41. The van der Waals surface area contributed by atoms with Crippen LogP contribution in [0.25, 0.3) is 0 Å². The van der Waals surface area contributed by atoms with E-state index in [2.05, 4.69) is 5.32 Å². The predicted octanol–water partition coefficient (Wildman–Crippen LogP) is 3.19. The first-order valence-corrected chi connectivity index (χ1v) is 7.99. The third-order valence-electron chi connectivity index (χ3n) is 3.40. The second-order valence-corrected chi connectivity index (χ2v) is 6.18. The zero-order valence-electron chi connectivity index (χ0n) is 13.5. The topological polar surface area (TPSA) is 119 Å². The van der Waals surface area contributed by atoms with Gasteiger partial charge >= 0.3 is 0 Å². The van der Waals surface area contributed by atoms with Crippen LogP contribution in [0.5, 0.6) is 0 Å². The number of nitro benzene ring substituents is 1. The van der Waals surface area contributed by atoms with Crippen LogP contribution in [-0.2, 0) is 4.79 Å². The second kappa shape index (κ2) is 8.03. The highest BCUT2D eigenvalue weighted by molar-refractivity contribution is 6.42. The Balaban J connectivity index is 2.06. The molecule has 0 aliphatic rings. The van der Waals surface area contributed by atoms with Crippen molar-refractivity contribution < 1.29 is 14.5 Å². The number of likely N-dealkylation sites (N-methyl/N-ethyl adjacent to an activating group) is 1. The molecule has 2 aromatic rings. The van der Waals surface area contributed by atoms with Gasteiger partial charge in [0.1, 0.15) is 5.69 Å². The van der Waals surface area contributed by atoms with E-state index in [-0.39, 0.29) is 28.5 Å². The monoisotopic (exact) mass is 396 g/mol. The van der Waals surface area contributed by atoms with E-state index >= 15 is 0 Å². The van der Waals surface area contributed by atoms with Crippen molar-refractivity contribution in [2.45, 2.75) is 0 Å². The number of anilines is 2. The molecule has 136 valence electrons. The SMILES string of the molecule is CN(CC(=O)Nc1ccc(Cl)c(Cl)c1)C(=O)c1ccc(N)c([N+](=O)[O-])c1. The number of carbonyl (C=O) groups excluding carboxylic acids is 2. The molecule has 0 spiro atoms. The molecule has 0 aliphatic heterocycles. The smallest absolute Gasteiger partial charge is 0.292 e. The van der Waals surface area contributed by atoms with Gasteiger partial charge < -0.3 is 16.0 Å². The van der Waals surface area contributed by atoms with Crippen molar-refractivity contribution >= 4 is 52.1 Å². The van der Waals surface area contributed by atoms with Gasteiger partial charge in [-0.15, -0.1) is 0 Å². The van der Waals surface area contributed by atoms with Gasteiger partial charge in [-0.2, -0.15) is 0 Å². The Morgan fingerprint density at radius 1 is 1.19 bits per heavy atom. The molecule has 0 unspecified atom stereocenters. The van der Waals surface area contributed by atoms with E-state index in [0.717, 1.165) is 11.0 Å². The first-order valence-electron chi connectivity index (χ1n) is 7.23. The van der Waals surface area contributed by atoms with E-state index in [1.807, 2.05) is 0 Å². The van der Waals surface area contributed by atoms with Gasteiger partial charge in [-0.25, -0.2) is 0 Å². The minimum absolute atomic E-state index is 0.0495. The van der Waals surface area contributed by atoms with Crippen LogP contribution >= 0.6 is 23.2 Å². The number of nitrogen functional groups attached to an aromatic ring is 1. The molecular weight excluding hydrogens is 383 g/mol. The highest BCUT2D eigenvalue weighted by atomic mass is 35.5. The fraction of sp³-hybridized carbons (Fsp3) is 0.125. The van der Waals surface area contributed by atoms with Crippen molar-refractivity contribution in [3.05, 3.63) is 62.1 Å². The fourth-order valence-electron chi connectivity index (χ4n) is 2.12. The van der Waals surface area contributed by atoms with Gasteiger partial charge in [-0.1, -0.05) is 23.2 Å². The molecule has 0 saturated heterocycles. The Morgan fingerprint density at radius 2 is 1.88 bits per heavy atom. The molecule has 26 heavy (non-hydrogen) atoms. The van der Waals surface area contributed by atoms with E-state index in [1.54, 1.807) is 6.07 Å². The van der Waals surface area contributed by atoms with E-state index in [9.17, 15) is 19.7 Å². The summed E-state index contributed by atoms with van der Waals surface area (Å²) in [6.07, 6.45) is 0. The third kappa shape index (κ3) is 4.62. The zero-order valence-corrected chi connectivity index (χ0v) is 15.0. The predicted molar refractivity (Wildman–Crippen MR) is 99.6 cm³/mol. The molecule has 0 atom stereocenters. The highest BCUT2D eigenvalue weighted by Crippen LogP contribution is 2.25. The molecule has 0 fully saturated rings. The van der Waals surface area contributed by atoms with Crippen molar-refractivity contribution in [1.82, 2.24) is 4.90 Å². The molecule has 10 heteroatoms. The molecular formula is C16H14Cl2N4O4. The van der Waals surface area contributed by atoms with Crippen molar-refractivity contribution in [3.63, 3.8) is 0 Å². The molecule has 2 amide bonds. The highest BCUT2D eigenvalue weighted by Gasteiger charge is 2.19. The Morgan fingerprint density at radius 3 is 2.50 bits per heavy atom. The summed E-state index contributed by atoms with van der Waals surface area (Å²) in [7, 11) is 1.40. The number of hydrogen-bond donors (Lipinski definition) is 2. The van der Waals surface area contributed by atoms with Crippen LogP contribution in [0.1, 0.15) is 10.4 Å². The van der Waals surface area contributed by atoms with Gasteiger partial charge in [-0.3, -0.25) is 19.7 Å². The summed E-state index contributed by atoms with van der Waals surface area (Å²) in [4.78, 5) is 35.8. The molecule has 0 heterocycles. The van der Waals surface area contributed by atoms with E-state index in [4.69, 9.17) is 28.9 Å². The number of rotatable bonds is 5. The molecule has 0 aliphatic carbocycles. The van der Waals surface area contributed by atoms with Gasteiger partial charge in [0.2, 0.25) is 5.91 Å². The number of benzene rings is 2. The van der Waals surface area contributed by atoms with E-state index in [0.29, 0.717) is 10.7 Å². The first kappa shape index (κ1) is 19.5. The molecule has 2 aromatic carbocycles. The molecule has 2 rings (SSSR count). The van der Waals surface area contributed by atoms with E-state index in [1.165, 1.54) is 31.3 Å². The molecule has 8 nitrogen and oxygen atoms in total. The Hall–Kier alpha value is -2.84. The lowest BCUT2D eigenvalue weighted by molar-refractivity contribution is -0.383. The summed E-state index contributed by atoms with van der Waals surface area (Å²) in [5.41, 5.74) is 5.56. The number of halogens is 2. The maximum absolute atomic E-state index is 12.4. The summed E-state index contributed by atoms with van der Waals surface area (Å²) in [5, 5.41) is 14.1. The Bertz CT molecular complexity index is 889. The number of nitro groups is 1. The number of nitrogens with zero attached hydrogens (tertiary/aromatic N) is 2. The lowest BCUT2D eigenvalue weighted by Crippen LogP contribution is -2.35. The minimum Gasteiger partial charge on any atom is -0.393 e. The van der Waals surface area contributed by atoms with Crippen LogP contribution in [0.2, 0.25) is 10.0 Å². The third-order valence-corrected chi connectivity index (χ3v) is 4.14. The van der Waals surface area contributed by atoms with Crippen LogP contribution in [0, 0.1) is 10.1 Å². The summed E-state index contributed by atoms with van der Waals surface area (Å²) in [5.74, 6) is -1.03. The van der Waals surface area contributed by atoms with Crippen LogP contribution < -0.4 is 11.1 Å². The number of nitrogens with one attached hydrogen (secondary N) is 1. The summed E-state index contributed by atoms with van der Waals surface area (Å²) < 4.78 is 0. The van der Waals surface area contributed by atoms with Crippen LogP contribution in [0.15, 0.2) is 36.4 Å². The number of carbonyl (C=O) groups is 2. The Kier molecular flexibility index (Phi) is 6.01. The molecule has 0 aromatic heterocycles. The summed E-state index contributed by atoms with van der Waals surface area (Å²) in [6, 6.07) is 8.28. The zero-order chi connectivity index (χ0) is 19.4. The summed E-state index contributed by atoms with van der Waals surface area (Å²) >= 11 is 11.7. The molecule has 0 radical (unpaired) electrons. The van der Waals surface area contributed by atoms with Crippen molar-refractivity contribution in [2.75, 3.05) is 24.6 Å². The van der Waals surface area contributed by atoms with Gasteiger partial charge in [0.15, 0.2) is 0 Å². The minimum atomic E-state index is -0.677. The Labute approximate surface area is 158 Å². The van der Waals surface area contributed by atoms with Gasteiger partial charge in [0, 0.05) is 24.4 Å². The van der Waals surface area contributed by atoms with Crippen LogP contribution in [0.3, 0.4) is 0 Å². The average molecular weight is 397 g/mol. The lowest BCUT2D eigenvalue weighted by atomic mass is 10.1. The molecule has 0 bridgehead atoms. The largest absolute Gasteiger partial charge is 0.393 e. The summed E-state index contributed by atoms with van der Waals surface area (Å²) in [6.45, 7) is -0.267. The van der Waals surface area contributed by atoms with Crippen molar-refractivity contribution in [3.8, 4) is 0 Å².